The molecule has 2 heteroatoms. The summed E-state index contributed by atoms with van der Waals surface area (Å²) < 4.78 is 17.7. The molecule has 2 nitrogen and oxygen atoms in total. The van der Waals surface area contributed by atoms with E-state index in [1.165, 1.54) is 22.1 Å². The molecule has 0 N–H and O–H groups in total. The van der Waals surface area contributed by atoms with Gasteiger partial charge in [-0.2, -0.15) is 4.57 Å². The Morgan fingerprint density at radius 1 is 1.04 bits per heavy atom. The molecule has 0 amide bonds. The average Bonchev–Trinajstić information content (AvgIpc) is 2.67. The zero-order chi connectivity index (χ0) is 19.6. The highest BCUT2D eigenvalue weighted by atomic mass is 16.5. The lowest BCUT2D eigenvalue weighted by molar-refractivity contribution is -0.633. The van der Waals surface area contributed by atoms with Crippen LogP contribution in [0.5, 0.6) is 11.5 Å². The summed E-state index contributed by atoms with van der Waals surface area (Å²) >= 11 is 0. The molecule has 5 rings (SSSR count). The Kier molecular flexibility index (Phi) is 3.28. The number of ether oxygens (including phenoxy) is 1. The van der Waals surface area contributed by atoms with Crippen LogP contribution < -0.4 is 9.30 Å². The number of nitrogens with zero attached hydrogens (tertiary/aromatic N) is 1. The number of hydrogen-bond acceptors (Lipinski definition) is 1. The second-order valence-corrected chi connectivity index (χ2v) is 7.98. The average molecular weight is 355 g/mol. The van der Waals surface area contributed by atoms with Gasteiger partial charge in [-0.1, -0.05) is 50.2 Å². The Morgan fingerprint density at radius 3 is 2.67 bits per heavy atom. The van der Waals surface area contributed by atoms with Crippen LogP contribution >= 0.6 is 0 Å². The van der Waals surface area contributed by atoms with Crippen LogP contribution in [0.2, 0.25) is 0 Å². The second-order valence-electron chi connectivity index (χ2n) is 7.98. The fourth-order valence-electron chi connectivity index (χ4n) is 4.37. The molecular formula is C25H24NO+. The molecule has 1 aliphatic heterocycles. The Morgan fingerprint density at radius 2 is 1.85 bits per heavy atom. The summed E-state index contributed by atoms with van der Waals surface area (Å²) in [5.41, 5.74) is 5.69. The van der Waals surface area contributed by atoms with Crippen molar-refractivity contribution in [3.8, 4) is 22.8 Å². The molecule has 0 radical (unpaired) electrons. The number of rotatable bonds is 2. The Labute approximate surface area is 161 Å². The molecule has 0 aliphatic carbocycles. The largest absolute Gasteiger partial charge is 0.450 e. The van der Waals surface area contributed by atoms with Crippen molar-refractivity contribution in [3.63, 3.8) is 0 Å². The summed E-state index contributed by atoms with van der Waals surface area (Å²) in [5.74, 6) is 2.04. The highest BCUT2D eigenvalue weighted by Crippen LogP contribution is 2.47. The third kappa shape index (κ3) is 2.36. The van der Waals surface area contributed by atoms with E-state index in [1.54, 1.807) is 0 Å². The molecule has 0 atom stereocenters. The van der Waals surface area contributed by atoms with Crippen LogP contribution in [0.4, 0.5) is 0 Å². The Balaban J connectivity index is 1.95. The fraction of sp³-hybridized carbons (Fsp3) is 0.240. The molecular weight excluding hydrogens is 330 g/mol. The lowest BCUT2D eigenvalue weighted by atomic mass is 9.92. The van der Waals surface area contributed by atoms with E-state index in [0.29, 0.717) is 17.7 Å². The molecule has 0 unspecified atom stereocenters. The Bertz CT molecular complexity index is 1270. The van der Waals surface area contributed by atoms with Gasteiger partial charge in [0.1, 0.15) is 12.8 Å². The molecule has 0 saturated heterocycles. The second kappa shape index (κ2) is 5.82. The molecule has 4 aromatic rings. The molecule has 0 bridgehead atoms. The van der Waals surface area contributed by atoms with Gasteiger partial charge in [0.25, 0.3) is 5.69 Å². The van der Waals surface area contributed by atoms with Gasteiger partial charge in [-0.3, -0.25) is 0 Å². The third-order valence-electron chi connectivity index (χ3n) is 5.57. The number of aromatic nitrogens is 1. The minimum absolute atomic E-state index is 0.491. The van der Waals surface area contributed by atoms with Gasteiger partial charge in [0.2, 0.25) is 5.52 Å². The van der Waals surface area contributed by atoms with Gasteiger partial charge in [0, 0.05) is 17.5 Å². The molecule has 134 valence electrons. The standard InChI is InChI=1S/C25H24NO/c1-15(2)13-18-8-5-9-20-19(18)14-22-25(26(20)4)23-16(3)11-12-17-7-6-10-21(27-22)24(17)23/h5-12,14-15H,13H2,1-4H3/q+1/i14D. The van der Waals surface area contributed by atoms with Crippen LogP contribution in [0, 0.1) is 12.8 Å². The van der Waals surface area contributed by atoms with Gasteiger partial charge in [-0.05, 0) is 41.8 Å². The van der Waals surface area contributed by atoms with Crippen molar-refractivity contribution in [2.45, 2.75) is 27.2 Å². The molecule has 1 aromatic heterocycles. The monoisotopic (exact) mass is 355 g/mol. The summed E-state index contributed by atoms with van der Waals surface area (Å²) in [6.07, 6.45) is 0.952. The van der Waals surface area contributed by atoms with Gasteiger partial charge < -0.3 is 4.74 Å². The van der Waals surface area contributed by atoms with Gasteiger partial charge in [0.15, 0.2) is 5.75 Å². The molecule has 3 aromatic carbocycles. The quantitative estimate of drug-likeness (QED) is 0.349. The summed E-state index contributed by atoms with van der Waals surface area (Å²) in [5, 5.41) is 3.31. The van der Waals surface area contributed by atoms with Gasteiger partial charge in [-0.25, -0.2) is 0 Å². The molecule has 0 fully saturated rings. The Hall–Kier alpha value is -2.87. The van der Waals surface area contributed by atoms with E-state index in [-0.39, 0.29) is 0 Å². The first-order valence-corrected chi connectivity index (χ1v) is 9.62. The van der Waals surface area contributed by atoms with Crippen LogP contribution in [-0.2, 0) is 13.5 Å². The lowest BCUT2D eigenvalue weighted by Gasteiger charge is -2.21. The van der Waals surface area contributed by atoms with Crippen molar-refractivity contribution in [3.05, 3.63) is 65.7 Å². The van der Waals surface area contributed by atoms with E-state index < -0.39 is 0 Å². The zero-order valence-electron chi connectivity index (χ0n) is 17.3. The topological polar surface area (TPSA) is 13.1 Å². The first-order chi connectivity index (χ1) is 13.5. The maximum atomic E-state index is 9.06. The van der Waals surface area contributed by atoms with Crippen molar-refractivity contribution < 1.29 is 10.7 Å². The SMILES string of the molecule is [2H]c1c2c([n+](C)c3cccc(CC(C)C)c13)-c1c(C)ccc3cccc(c13)O2. The first-order valence-electron chi connectivity index (χ1n) is 10.1. The van der Waals surface area contributed by atoms with Crippen LogP contribution in [0.25, 0.3) is 32.9 Å². The summed E-state index contributed by atoms with van der Waals surface area (Å²) in [6.45, 7) is 6.58. The van der Waals surface area contributed by atoms with Gasteiger partial charge >= 0.3 is 0 Å². The van der Waals surface area contributed by atoms with Crippen LogP contribution in [0.1, 0.15) is 26.3 Å². The van der Waals surface area contributed by atoms with Crippen molar-refractivity contribution in [1.29, 1.82) is 0 Å². The first kappa shape index (κ1) is 15.2. The lowest BCUT2D eigenvalue weighted by Crippen LogP contribution is -2.33. The number of pyridine rings is 1. The number of hydrogen-bond donors (Lipinski definition) is 0. The predicted molar refractivity (Wildman–Crippen MR) is 111 cm³/mol. The molecule has 2 heterocycles. The van der Waals surface area contributed by atoms with Crippen molar-refractivity contribution in [1.82, 2.24) is 0 Å². The third-order valence-corrected chi connectivity index (χ3v) is 5.57. The van der Waals surface area contributed by atoms with Gasteiger partial charge in [-0.15, -0.1) is 0 Å². The molecule has 0 saturated carbocycles. The molecule has 0 spiro atoms. The number of aryl methyl sites for hydroxylation is 2. The number of benzene rings is 3. The molecule has 27 heavy (non-hydrogen) atoms. The van der Waals surface area contributed by atoms with Crippen LogP contribution in [-0.4, -0.2) is 0 Å². The van der Waals surface area contributed by atoms with Crippen LogP contribution in [0.3, 0.4) is 0 Å². The minimum atomic E-state index is 0.491. The van der Waals surface area contributed by atoms with Gasteiger partial charge in [0.05, 0.1) is 12.3 Å². The van der Waals surface area contributed by atoms with E-state index in [1.807, 2.05) is 12.1 Å². The highest BCUT2D eigenvalue weighted by Gasteiger charge is 2.31. The summed E-state index contributed by atoms with van der Waals surface area (Å²) in [6, 6.07) is 17.3. The highest BCUT2D eigenvalue weighted by molar-refractivity contribution is 6.04. The molecule has 1 aliphatic rings. The maximum Gasteiger partial charge on any atom is 0.256 e. The summed E-state index contributed by atoms with van der Waals surface area (Å²) in [4.78, 5) is 0. The zero-order valence-corrected chi connectivity index (χ0v) is 16.3. The van der Waals surface area contributed by atoms with E-state index >= 15 is 0 Å². The van der Waals surface area contributed by atoms with Crippen molar-refractivity contribution in [2.75, 3.05) is 0 Å². The van der Waals surface area contributed by atoms with E-state index in [4.69, 9.17) is 6.11 Å². The van der Waals surface area contributed by atoms with Crippen molar-refractivity contribution >= 4 is 21.7 Å². The predicted octanol–water partition coefficient (Wildman–Crippen LogP) is 6.10. The fourth-order valence-corrected chi connectivity index (χ4v) is 4.37. The summed E-state index contributed by atoms with van der Waals surface area (Å²) in [7, 11) is 2.09. The van der Waals surface area contributed by atoms with E-state index in [9.17, 15) is 0 Å². The number of fused-ring (bicyclic) bond motifs is 3. The minimum Gasteiger partial charge on any atom is -0.450 e. The van der Waals surface area contributed by atoms with Crippen LogP contribution in [0.15, 0.2) is 54.6 Å². The maximum absolute atomic E-state index is 9.06. The van der Waals surface area contributed by atoms with E-state index in [2.05, 4.69) is 68.8 Å². The normalized spacial score (nSPS) is 13.0. The van der Waals surface area contributed by atoms with E-state index in [0.717, 1.165) is 34.2 Å². The smallest absolute Gasteiger partial charge is 0.256 e. The van der Waals surface area contributed by atoms with Crippen molar-refractivity contribution in [2.24, 2.45) is 13.0 Å².